The van der Waals surface area contributed by atoms with Gasteiger partial charge in [0.05, 0.1) is 6.20 Å². The molecule has 2 amide bonds. The van der Waals surface area contributed by atoms with Gasteiger partial charge in [-0.05, 0) is 64.4 Å². The van der Waals surface area contributed by atoms with E-state index in [4.69, 9.17) is 4.74 Å². The highest BCUT2D eigenvalue weighted by atomic mass is 16.5. The van der Waals surface area contributed by atoms with Crippen molar-refractivity contribution in [2.24, 2.45) is 5.92 Å². The third-order valence-corrected chi connectivity index (χ3v) is 4.43. The summed E-state index contributed by atoms with van der Waals surface area (Å²) in [6, 6.07) is -0.0778. The van der Waals surface area contributed by atoms with E-state index in [2.05, 4.69) is 34.7 Å². The molecule has 1 aromatic heterocycles. The number of rotatable bonds is 7. The average molecular weight is 322 g/mol. The van der Waals surface area contributed by atoms with Crippen LogP contribution in [-0.4, -0.2) is 41.5 Å². The Labute approximate surface area is 138 Å². The Morgan fingerprint density at radius 3 is 2.83 bits per heavy atom. The van der Waals surface area contributed by atoms with Crippen molar-refractivity contribution in [1.29, 1.82) is 0 Å². The summed E-state index contributed by atoms with van der Waals surface area (Å²) in [4.78, 5) is 12.1. The van der Waals surface area contributed by atoms with E-state index < -0.39 is 0 Å². The topological polar surface area (TPSA) is 79.0 Å². The molecule has 0 aliphatic carbocycles. The molecule has 130 valence electrons. The maximum absolute atomic E-state index is 12.1. The van der Waals surface area contributed by atoms with Crippen molar-refractivity contribution in [3.63, 3.8) is 0 Å². The Bertz CT molecular complexity index is 493. The van der Waals surface area contributed by atoms with E-state index in [0.717, 1.165) is 51.0 Å². The molecule has 0 aromatic carbocycles. The van der Waals surface area contributed by atoms with Gasteiger partial charge in [0.25, 0.3) is 0 Å². The van der Waals surface area contributed by atoms with Gasteiger partial charge in [0.15, 0.2) is 0 Å². The quantitative estimate of drug-likeness (QED) is 0.675. The highest BCUT2D eigenvalue weighted by molar-refractivity contribution is 5.74. The van der Waals surface area contributed by atoms with E-state index >= 15 is 0 Å². The minimum Gasteiger partial charge on any atom is -0.381 e. The number of nitrogens with one attached hydrogen (secondary N) is 3. The molecule has 0 saturated carbocycles. The summed E-state index contributed by atoms with van der Waals surface area (Å²) < 4.78 is 5.39. The second-order valence-electron chi connectivity index (χ2n) is 7.15. The molecule has 0 bridgehead atoms. The zero-order valence-corrected chi connectivity index (χ0v) is 14.6. The first-order valence-electron chi connectivity index (χ1n) is 8.59. The minimum atomic E-state index is -0.187. The first-order valence-corrected chi connectivity index (χ1v) is 8.59. The lowest BCUT2D eigenvalue weighted by Crippen LogP contribution is -2.49. The Kier molecular flexibility index (Phi) is 6.45. The fourth-order valence-electron chi connectivity index (χ4n) is 3.18. The maximum atomic E-state index is 12.1. The zero-order valence-electron chi connectivity index (χ0n) is 14.6. The summed E-state index contributed by atoms with van der Waals surface area (Å²) in [5.74, 6) is 0.642. The summed E-state index contributed by atoms with van der Waals surface area (Å²) >= 11 is 0. The van der Waals surface area contributed by atoms with Crippen molar-refractivity contribution in [2.75, 3.05) is 19.8 Å². The van der Waals surface area contributed by atoms with Crippen molar-refractivity contribution < 1.29 is 9.53 Å². The number of amides is 2. The first kappa shape index (κ1) is 17.8. The second kappa shape index (κ2) is 8.34. The fourth-order valence-corrected chi connectivity index (χ4v) is 3.18. The van der Waals surface area contributed by atoms with Crippen LogP contribution in [0, 0.1) is 12.8 Å². The number of ether oxygens (including phenoxy) is 1. The Balaban J connectivity index is 1.63. The molecule has 6 heteroatoms. The number of carbonyl (C=O) groups is 1. The van der Waals surface area contributed by atoms with Gasteiger partial charge >= 0.3 is 6.03 Å². The van der Waals surface area contributed by atoms with Crippen molar-refractivity contribution in [3.05, 3.63) is 17.5 Å². The van der Waals surface area contributed by atoms with Crippen molar-refractivity contribution in [2.45, 2.75) is 58.4 Å². The predicted octanol–water partition coefficient (Wildman–Crippen LogP) is 2.55. The van der Waals surface area contributed by atoms with E-state index in [-0.39, 0.29) is 11.6 Å². The van der Waals surface area contributed by atoms with Gasteiger partial charge in [0.2, 0.25) is 0 Å². The number of hydrogen-bond acceptors (Lipinski definition) is 3. The molecule has 0 atom stereocenters. The predicted molar refractivity (Wildman–Crippen MR) is 90.4 cm³/mol. The number of urea groups is 1. The molecule has 1 aliphatic rings. The molecule has 1 fully saturated rings. The zero-order chi connectivity index (χ0) is 16.7. The summed E-state index contributed by atoms with van der Waals surface area (Å²) in [5, 5.41) is 13.0. The number of carbonyl (C=O) groups excluding carboxylic acids is 1. The third kappa shape index (κ3) is 6.22. The van der Waals surface area contributed by atoms with Crippen LogP contribution in [0.1, 0.15) is 50.8 Å². The van der Waals surface area contributed by atoms with Gasteiger partial charge in [-0.15, -0.1) is 0 Å². The normalized spacial score (nSPS) is 16.3. The van der Waals surface area contributed by atoms with Crippen LogP contribution in [0.25, 0.3) is 0 Å². The number of H-pyrrole nitrogens is 1. The largest absolute Gasteiger partial charge is 0.381 e. The van der Waals surface area contributed by atoms with E-state index in [1.807, 2.05) is 13.1 Å². The van der Waals surface area contributed by atoms with Crippen LogP contribution in [0.5, 0.6) is 0 Å². The van der Waals surface area contributed by atoms with Crippen molar-refractivity contribution in [1.82, 2.24) is 20.8 Å². The Morgan fingerprint density at radius 2 is 2.17 bits per heavy atom. The standard InChI is InChI=1S/C17H30N4O2/c1-13-15(12-19-21-13)5-4-8-18-16(22)20-17(2,3)11-14-6-9-23-10-7-14/h12,14H,4-11H2,1-3H3,(H,19,21)(H2,18,20,22). The first-order chi connectivity index (χ1) is 11.0. The van der Waals surface area contributed by atoms with Gasteiger partial charge in [0, 0.05) is 31.0 Å². The van der Waals surface area contributed by atoms with Gasteiger partial charge in [-0.1, -0.05) is 0 Å². The Hall–Kier alpha value is -1.56. The van der Waals surface area contributed by atoms with Crippen molar-refractivity contribution >= 4 is 6.03 Å². The molecule has 2 rings (SSSR count). The van der Waals surface area contributed by atoms with Gasteiger partial charge in [-0.25, -0.2) is 4.79 Å². The lowest BCUT2D eigenvalue weighted by Gasteiger charge is -2.32. The van der Waals surface area contributed by atoms with Crippen LogP contribution >= 0.6 is 0 Å². The molecule has 1 saturated heterocycles. The van der Waals surface area contributed by atoms with E-state index in [9.17, 15) is 4.79 Å². The van der Waals surface area contributed by atoms with Crippen LogP contribution in [0.3, 0.4) is 0 Å². The molecule has 2 heterocycles. The SMILES string of the molecule is Cc1[nH]ncc1CCCNC(=O)NC(C)(C)CC1CCOCC1. The van der Waals surface area contributed by atoms with Crippen LogP contribution in [0.2, 0.25) is 0 Å². The monoisotopic (exact) mass is 322 g/mol. The molecule has 0 unspecified atom stereocenters. The molecule has 6 nitrogen and oxygen atoms in total. The lowest BCUT2D eigenvalue weighted by molar-refractivity contribution is 0.0564. The number of aryl methyl sites for hydroxylation is 2. The number of nitrogens with zero attached hydrogens (tertiary/aromatic N) is 1. The molecule has 0 radical (unpaired) electrons. The Morgan fingerprint density at radius 1 is 1.43 bits per heavy atom. The molecule has 1 aromatic rings. The molecule has 0 spiro atoms. The van der Waals surface area contributed by atoms with Crippen LogP contribution in [-0.2, 0) is 11.2 Å². The fraction of sp³-hybridized carbons (Fsp3) is 0.765. The smallest absolute Gasteiger partial charge is 0.315 e. The van der Waals surface area contributed by atoms with Crippen LogP contribution in [0.4, 0.5) is 4.79 Å². The molecule has 3 N–H and O–H groups in total. The number of hydrogen-bond donors (Lipinski definition) is 3. The molecule has 23 heavy (non-hydrogen) atoms. The van der Waals surface area contributed by atoms with E-state index in [0.29, 0.717) is 12.5 Å². The summed E-state index contributed by atoms with van der Waals surface area (Å²) in [6.07, 6.45) is 6.88. The highest BCUT2D eigenvalue weighted by Crippen LogP contribution is 2.25. The maximum Gasteiger partial charge on any atom is 0.315 e. The molecular weight excluding hydrogens is 292 g/mol. The van der Waals surface area contributed by atoms with Crippen LogP contribution < -0.4 is 10.6 Å². The van der Waals surface area contributed by atoms with Gasteiger partial charge in [-0.3, -0.25) is 5.10 Å². The summed E-state index contributed by atoms with van der Waals surface area (Å²) in [7, 11) is 0. The second-order valence-corrected chi connectivity index (χ2v) is 7.15. The number of aromatic amines is 1. The number of aromatic nitrogens is 2. The molecule has 1 aliphatic heterocycles. The van der Waals surface area contributed by atoms with Crippen molar-refractivity contribution in [3.8, 4) is 0 Å². The minimum absolute atomic E-state index is 0.0778. The van der Waals surface area contributed by atoms with Gasteiger partial charge in [-0.2, -0.15) is 5.10 Å². The van der Waals surface area contributed by atoms with Gasteiger partial charge in [0.1, 0.15) is 0 Å². The molecular formula is C17H30N4O2. The highest BCUT2D eigenvalue weighted by Gasteiger charge is 2.26. The van der Waals surface area contributed by atoms with Gasteiger partial charge < -0.3 is 15.4 Å². The van der Waals surface area contributed by atoms with E-state index in [1.54, 1.807) is 0 Å². The average Bonchev–Trinajstić information content (AvgIpc) is 2.89. The third-order valence-electron chi connectivity index (χ3n) is 4.43. The van der Waals surface area contributed by atoms with Crippen LogP contribution in [0.15, 0.2) is 6.20 Å². The lowest BCUT2D eigenvalue weighted by atomic mass is 9.86. The summed E-state index contributed by atoms with van der Waals surface area (Å²) in [5.41, 5.74) is 2.13. The summed E-state index contributed by atoms with van der Waals surface area (Å²) in [6.45, 7) is 8.57. The van der Waals surface area contributed by atoms with E-state index in [1.165, 1.54) is 5.56 Å².